The van der Waals surface area contributed by atoms with Crippen molar-refractivity contribution in [1.82, 2.24) is 9.88 Å². The highest BCUT2D eigenvalue weighted by molar-refractivity contribution is 9.10. The van der Waals surface area contributed by atoms with Crippen molar-refractivity contribution in [2.45, 2.75) is 12.8 Å². The highest BCUT2D eigenvalue weighted by Crippen LogP contribution is 2.23. The number of aliphatic imine (C=N–C) groups is 1. The van der Waals surface area contributed by atoms with E-state index in [9.17, 15) is 18.8 Å². The van der Waals surface area contributed by atoms with E-state index in [1.165, 1.54) is 36.7 Å². The molecule has 1 aliphatic heterocycles. The van der Waals surface area contributed by atoms with Crippen LogP contribution >= 0.6 is 15.9 Å². The molecule has 0 unspecified atom stereocenters. The molecule has 32 heavy (non-hydrogen) atoms. The van der Waals surface area contributed by atoms with Crippen LogP contribution in [0.5, 0.6) is 0 Å². The molecule has 0 spiro atoms. The number of anilines is 2. The Bertz CT molecular complexity index is 1110. The van der Waals surface area contributed by atoms with Crippen molar-refractivity contribution in [2.24, 2.45) is 10.9 Å². The van der Waals surface area contributed by atoms with Crippen molar-refractivity contribution in [3.8, 4) is 6.07 Å². The number of amidine groups is 1. The van der Waals surface area contributed by atoms with Crippen LogP contribution in [-0.2, 0) is 9.59 Å². The van der Waals surface area contributed by atoms with Gasteiger partial charge in [-0.1, -0.05) is 0 Å². The third-order valence-corrected chi connectivity index (χ3v) is 5.48. The minimum atomic E-state index is -0.462. The summed E-state index contributed by atoms with van der Waals surface area (Å²) in [6, 6.07) is 7.19. The Labute approximate surface area is 191 Å². The molecule has 2 heterocycles. The minimum Gasteiger partial charge on any atom is -0.337 e. The zero-order valence-electron chi connectivity index (χ0n) is 16.7. The van der Waals surface area contributed by atoms with E-state index >= 15 is 0 Å². The number of rotatable bonds is 5. The van der Waals surface area contributed by atoms with Crippen molar-refractivity contribution in [2.75, 3.05) is 23.7 Å². The second-order valence-electron chi connectivity index (χ2n) is 6.97. The van der Waals surface area contributed by atoms with Crippen LogP contribution in [0.2, 0.25) is 0 Å². The van der Waals surface area contributed by atoms with Gasteiger partial charge in [0, 0.05) is 30.9 Å². The van der Waals surface area contributed by atoms with Crippen molar-refractivity contribution in [1.29, 1.82) is 5.26 Å². The van der Waals surface area contributed by atoms with E-state index in [-0.39, 0.29) is 28.5 Å². The zero-order valence-corrected chi connectivity index (χ0v) is 18.3. The molecule has 1 saturated heterocycles. The van der Waals surface area contributed by atoms with Gasteiger partial charge in [0.1, 0.15) is 11.9 Å². The number of halogens is 2. The summed E-state index contributed by atoms with van der Waals surface area (Å²) in [5.74, 6) is -1.39. The van der Waals surface area contributed by atoms with Gasteiger partial charge in [0.2, 0.25) is 12.2 Å². The number of carbonyl (C=O) groups is 3. The van der Waals surface area contributed by atoms with Gasteiger partial charge in [0.25, 0.3) is 0 Å². The Morgan fingerprint density at radius 3 is 2.62 bits per heavy atom. The molecular formula is C21H18BrFN6O3. The van der Waals surface area contributed by atoms with Crippen LogP contribution in [-0.4, -0.2) is 47.0 Å². The maximum Gasteiger partial charge on any atom is 0.321 e. The first-order valence-corrected chi connectivity index (χ1v) is 10.4. The van der Waals surface area contributed by atoms with Gasteiger partial charge < -0.3 is 15.5 Å². The highest BCUT2D eigenvalue weighted by atomic mass is 79.9. The minimum absolute atomic E-state index is 0.138. The van der Waals surface area contributed by atoms with Gasteiger partial charge >= 0.3 is 6.03 Å². The number of piperidine rings is 1. The number of nitriles is 1. The molecular weight excluding hydrogens is 483 g/mol. The fourth-order valence-electron chi connectivity index (χ4n) is 3.23. The molecule has 164 valence electrons. The van der Waals surface area contributed by atoms with Gasteiger partial charge in [0.15, 0.2) is 5.84 Å². The van der Waals surface area contributed by atoms with Gasteiger partial charge in [-0.05, 0) is 53.0 Å². The fourth-order valence-corrected chi connectivity index (χ4v) is 3.61. The van der Waals surface area contributed by atoms with E-state index in [0.717, 1.165) is 0 Å². The number of likely N-dealkylation sites (tertiary alicyclic amines) is 1. The Morgan fingerprint density at radius 1 is 1.22 bits per heavy atom. The number of hydrogen-bond donors (Lipinski definition) is 2. The predicted octanol–water partition coefficient (Wildman–Crippen LogP) is 3.33. The number of hydrogen-bond acceptors (Lipinski definition) is 5. The second kappa shape index (κ2) is 10.6. The monoisotopic (exact) mass is 500 g/mol. The molecule has 2 aromatic rings. The van der Waals surface area contributed by atoms with Gasteiger partial charge in [-0.3, -0.25) is 14.6 Å². The summed E-state index contributed by atoms with van der Waals surface area (Å²) in [6.45, 7) is 0.647. The molecule has 0 radical (unpaired) electrons. The SMILES string of the molecule is N#Cc1cncc(NC(=O)N2CCC(C(=O)/C(=N/C=O)Nc3ccc(F)c(Br)c3)CC2)c1. The lowest BCUT2D eigenvalue weighted by Crippen LogP contribution is -2.44. The molecule has 0 bridgehead atoms. The molecule has 1 fully saturated rings. The topological polar surface area (TPSA) is 128 Å². The summed E-state index contributed by atoms with van der Waals surface area (Å²) < 4.78 is 13.6. The first-order chi connectivity index (χ1) is 15.4. The van der Waals surface area contributed by atoms with Crippen molar-refractivity contribution in [3.05, 3.63) is 52.5 Å². The summed E-state index contributed by atoms with van der Waals surface area (Å²) in [5, 5.41) is 14.4. The van der Waals surface area contributed by atoms with Crippen LogP contribution < -0.4 is 10.6 Å². The first-order valence-electron chi connectivity index (χ1n) is 9.60. The molecule has 9 nitrogen and oxygen atoms in total. The van der Waals surface area contributed by atoms with Crippen molar-refractivity contribution >= 4 is 51.4 Å². The maximum absolute atomic E-state index is 13.4. The highest BCUT2D eigenvalue weighted by Gasteiger charge is 2.30. The third-order valence-electron chi connectivity index (χ3n) is 4.87. The molecule has 2 N–H and O–H groups in total. The van der Waals surface area contributed by atoms with Crippen LogP contribution in [0, 0.1) is 23.1 Å². The summed E-state index contributed by atoms with van der Waals surface area (Å²) >= 11 is 3.07. The maximum atomic E-state index is 13.4. The number of urea groups is 1. The molecule has 0 saturated carbocycles. The third kappa shape index (κ3) is 5.73. The number of ketones is 1. The summed E-state index contributed by atoms with van der Waals surface area (Å²) in [4.78, 5) is 45.4. The number of carbonyl (C=O) groups excluding carboxylic acids is 3. The number of amides is 3. The Hall–Kier alpha value is -3.65. The Balaban J connectivity index is 1.59. The van der Waals surface area contributed by atoms with E-state index in [1.807, 2.05) is 6.07 Å². The van der Waals surface area contributed by atoms with E-state index < -0.39 is 11.7 Å². The summed E-state index contributed by atoms with van der Waals surface area (Å²) in [6.07, 6.45) is 3.87. The molecule has 1 aromatic heterocycles. The van der Waals surface area contributed by atoms with E-state index in [0.29, 0.717) is 42.9 Å². The lowest BCUT2D eigenvalue weighted by molar-refractivity contribution is -0.118. The average Bonchev–Trinajstić information content (AvgIpc) is 2.81. The molecule has 11 heteroatoms. The van der Waals surface area contributed by atoms with Gasteiger partial charge in [0.05, 0.1) is 21.9 Å². The van der Waals surface area contributed by atoms with Crippen molar-refractivity contribution in [3.63, 3.8) is 0 Å². The number of pyridine rings is 1. The standard InChI is InChI=1S/C21H18BrFN6O3/c22-17-8-15(1-2-18(17)23)27-20(26-12-30)19(31)14-3-5-29(6-4-14)21(32)28-16-7-13(9-24)10-25-11-16/h1-2,7-8,10-12,14H,3-6H2,(H,28,32)(H,26,27,30). The predicted molar refractivity (Wildman–Crippen MR) is 118 cm³/mol. The van der Waals surface area contributed by atoms with Crippen LogP contribution in [0.15, 0.2) is 46.1 Å². The molecule has 1 aromatic carbocycles. The first kappa shape index (κ1) is 23.0. The second-order valence-corrected chi connectivity index (χ2v) is 7.82. The number of benzene rings is 1. The van der Waals surface area contributed by atoms with Crippen LogP contribution in [0.1, 0.15) is 18.4 Å². The zero-order chi connectivity index (χ0) is 23.1. The molecule has 1 aliphatic rings. The van der Waals surface area contributed by atoms with Crippen LogP contribution in [0.4, 0.5) is 20.6 Å². The van der Waals surface area contributed by atoms with Crippen LogP contribution in [0.3, 0.4) is 0 Å². The molecule has 0 atom stereocenters. The lowest BCUT2D eigenvalue weighted by Gasteiger charge is -2.31. The fraction of sp³-hybridized carbons (Fsp3) is 0.238. The number of nitrogens with zero attached hydrogens (tertiary/aromatic N) is 4. The Kier molecular flexibility index (Phi) is 7.62. The Morgan fingerprint density at radius 2 is 1.97 bits per heavy atom. The van der Waals surface area contributed by atoms with Gasteiger partial charge in [-0.2, -0.15) is 10.3 Å². The normalized spacial score (nSPS) is 14.4. The summed E-state index contributed by atoms with van der Waals surface area (Å²) in [7, 11) is 0. The number of Topliss-reactive ketones (excluding diaryl/α,β-unsaturated/α-hetero) is 1. The molecule has 0 aliphatic carbocycles. The quantitative estimate of drug-likeness (QED) is 0.368. The van der Waals surface area contributed by atoms with E-state index in [4.69, 9.17) is 5.26 Å². The number of nitrogens with one attached hydrogen (secondary N) is 2. The average molecular weight is 501 g/mol. The lowest BCUT2D eigenvalue weighted by atomic mass is 9.92. The van der Waals surface area contributed by atoms with Gasteiger partial charge in [-0.15, -0.1) is 0 Å². The number of aromatic nitrogens is 1. The largest absolute Gasteiger partial charge is 0.337 e. The van der Waals surface area contributed by atoms with E-state index in [2.05, 4.69) is 36.5 Å². The molecule has 3 rings (SSSR count). The van der Waals surface area contributed by atoms with Gasteiger partial charge in [-0.25, -0.2) is 9.18 Å². The molecule has 3 amide bonds. The van der Waals surface area contributed by atoms with Crippen molar-refractivity contribution < 1.29 is 18.8 Å². The van der Waals surface area contributed by atoms with Crippen LogP contribution in [0.25, 0.3) is 0 Å². The summed E-state index contributed by atoms with van der Waals surface area (Å²) in [5.41, 5.74) is 1.13. The van der Waals surface area contributed by atoms with E-state index in [1.54, 1.807) is 4.90 Å². The smallest absolute Gasteiger partial charge is 0.321 e.